The highest BCUT2D eigenvalue weighted by Gasteiger charge is 2.59. The number of carbonyl (C=O) groups excluding carboxylic acids is 1. The molecular formula is C35H73F4NO14Si8. The number of carbonyl (C=O) groups is 1. The number of halogens is 4. The van der Waals surface area contributed by atoms with Crippen molar-refractivity contribution in [1.29, 1.82) is 0 Å². The maximum absolute atomic E-state index is 14.4. The minimum atomic E-state index is -5.32. The first-order chi connectivity index (χ1) is 28.7. The minimum Gasteiger partial charge on any atom is -0.416 e. The maximum Gasteiger partial charge on any atom is 0.500 e. The Kier molecular flexibility index (Phi) is 22.4. The molecule has 0 aliphatic carbocycles. The summed E-state index contributed by atoms with van der Waals surface area (Å²) in [6, 6.07) is 12.3. The van der Waals surface area contributed by atoms with Crippen molar-refractivity contribution in [3.8, 4) is 0 Å². The molecule has 1 aromatic carbocycles. The average molecular weight is 1030 g/mol. The van der Waals surface area contributed by atoms with Gasteiger partial charge in [-0.25, -0.2) is 4.39 Å². The van der Waals surface area contributed by atoms with E-state index in [1.54, 1.807) is 82.2 Å². The smallest absolute Gasteiger partial charge is 0.416 e. The summed E-state index contributed by atoms with van der Waals surface area (Å²) in [6.45, 7) is 12.4. The Hall–Kier alpha value is -0.375. The van der Waals surface area contributed by atoms with Gasteiger partial charge in [-0.15, -0.1) is 0 Å². The van der Waals surface area contributed by atoms with E-state index in [9.17, 15) is 22.4 Å². The third-order valence-corrected chi connectivity index (χ3v) is 43.5. The van der Waals surface area contributed by atoms with E-state index in [4.69, 9.17) is 56.3 Å². The summed E-state index contributed by atoms with van der Waals surface area (Å²) in [5.74, 6) is -1.63. The Balaban J connectivity index is 2.58. The monoisotopic (exact) mass is 1030 g/mol. The lowest BCUT2D eigenvalue weighted by molar-refractivity contribution is -0.185. The van der Waals surface area contributed by atoms with Gasteiger partial charge >= 0.3 is 66.8 Å². The molecule has 1 heterocycles. The molecule has 62 heavy (non-hydrogen) atoms. The predicted molar refractivity (Wildman–Crippen MR) is 246 cm³/mol. The molecule has 0 radical (unpaired) electrons. The summed E-state index contributed by atoms with van der Waals surface area (Å²) >= 11 is 0. The van der Waals surface area contributed by atoms with Crippen LogP contribution in [0.2, 0.25) is 93.7 Å². The summed E-state index contributed by atoms with van der Waals surface area (Å²) in [7, 11) is -10.5. The summed E-state index contributed by atoms with van der Waals surface area (Å²) in [5.41, 5.74) is 0.203. The van der Waals surface area contributed by atoms with Crippen LogP contribution in [-0.2, 0) is 61.1 Å². The van der Waals surface area contributed by atoms with Crippen molar-refractivity contribution in [2.24, 2.45) is 0 Å². The summed E-state index contributed by atoms with van der Waals surface area (Å²) in [5, 5.41) is 0. The molecule has 362 valence electrons. The van der Waals surface area contributed by atoms with Crippen LogP contribution in [0.25, 0.3) is 0 Å². The number of alkyl halides is 4. The molecule has 3 unspecified atom stereocenters. The normalized spacial score (nSPS) is 25.0. The Morgan fingerprint density at radius 1 is 0.581 bits per heavy atom. The average Bonchev–Trinajstić information content (AvgIpc) is 3.23. The van der Waals surface area contributed by atoms with Crippen molar-refractivity contribution >= 4 is 80.3 Å². The standard InChI is InChI=1S/C35H73F4NO14Si8/c1-42-60(43-2,44-3)29-26-57(13)51-56(12,25-24-55(10,11)23-19-22-40(32-20-17-16-18-21-32)34(41)33(36)35(37,38)39)52-58(14,27-30-61(45-4,46-5)47-6)54-59(15,53-57)28-31-62(48-7,49-8)50-9/h16-18,20-21,33H,19,22-31H2,1-15H3. The number of rotatable bonds is 27. The predicted octanol–water partition coefficient (Wildman–Crippen LogP) is 8.02. The Morgan fingerprint density at radius 2 is 0.887 bits per heavy atom. The lowest BCUT2D eigenvalue weighted by Gasteiger charge is -2.51. The van der Waals surface area contributed by atoms with Crippen LogP contribution in [0, 0.1) is 0 Å². The molecule has 0 spiro atoms. The third kappa shape index (κ3) is 16.4. The molecule has 15 nitrogen and oxygen atoms in total. The van der Waals surface area contributed by atoms with Gasteiger partial charge in [-0.1, -0.05) is 43.4 Å². The molecule has 1 saturated heterocycles. The fraction of sp³-hybridized carbons (Fsp3) is 0.800. The molecule has 1 fully saturated rings. The van der Waals surface area contributed by atoms with Gasteiger partial charge in [0.15, 0.2) is 0 Å². The lowest BCUT2D eigenvalue weighted by Crippen LogP contribution is -2.68. The molecular weight excluding hydrogens is 959 g/mol. The zero-order valence-electron chi connectivity index (χ0n) is 39.4. The summed E-state index contributed by atoms with van der Waals surface area (Å²) in [4.78, 5) is 13.8. The van der Waals surface area contributed by atoms with Crippen molar-refractivity contribution in [1.82, 2.24) is 0 Å². The molecule has 27 heteroatoms. The van der Waals surface area contributed by atoms with Crippen LogP contribution < -0.4 is 4.90 Å². The number of anilines is 1. The van der Waals surface area contributed by atoms with E-state index in [-0.39, 0.29) is 12.2 Å². The van der Waals surface area contributed by atoms with E-state index in [0.29, 0.717) is 54.8 Å². The van der Waals surface area contributed by atoms with Crippen LogP contribution in [0.3, 0.4) is 0 Å². The molecule has 0 N–H and O–H groups in total. The maximum atomic E-state index is 14.4. The van der Waals surface area contributed by atoms with E-state index in [1.165, 1.54) is 12.1 Å². The number of hydrogen-bond acceptors (Lipinski definition) is 14. The van der Waals surface area contributed by atoms with Gasteiger partial charge in [-0.3, -0.25) is 4.79 Å². The van der Waals surface area contributed by atoms with E-state index in [0.717, 1.165) is 10.9 Å². The zero-order chi connectivity index (χ0) is 47.3. The Labute approximate surface area is 375 Å². The van der Waals surface area contributed by atoms with E-state index < -0.39 is 87.0 Å². The highest BCUT2D eigenvalue weighted by Crippen LogP contribution is 2.42. The summed E-state index contributed by atoms with van der Waals surface area (Å²) in [6.07, 6.45) is -8.58. The van der Waals surface area contributed by atoms with Crippen LogP contribution in [0.1, 0.15) is 6.42 Å². The van der Waals surface area contributed by atoms with Crippen LogP contribution in [0.5, 0.6) is 0 Å². The van der Waals surface area contributed by atoms with Gasteiger partial charge in [0.2, 0.25) is 0 Å². The van der Waals surface area contributed by atoms with Crippen LogP contribution in [0.15, 0.2) is 30.3 Å². The second kappa shape index (κ2) is 24.1. The molecule has 0 aromatic heterocycles. The number of benzene rings is 1. The second-order valence-corrected chi connectivity index (χ2v) is 45.8. The highest BCUT2D eigenvalue weighted by molar-refractivity contribution is 6.95. The number of nitrogens with zero attached hydrogens (tertiary/aromatic N) is 1. The summed E-state index contributed by atoms with van der Waals surface area (Å²) < 4.78 is 136. The zero-order valence-corrected chi connectivity index (χ0v) is 47.4. The van der Waals surface area contributed by atoms with E-state index in [2.05, 4.69) is 13.1 Å². The molecule has 2 rings (SSSR count). The van der Waals surface area contributed by atoms with Crippen molar-refractivity contribution < 1.29 is 78.7 Å². The minimum absolute atomic E-state index is 0.0774. The number of amides is 1. The van der Waals surface area contributed by atoms with Gasteiger partial charge in [0.1, 0.15) is 0 Å². The topological polar surface area (TPSA) is 140 Å². The van der Waals surface area contributed by atoms with Crippen LogP contribution in [0.4, 0.5) is 23.2 Å². The molecule has 0 saturated carbocycles. The van der Waals surface area contributed by atoms with E-state index in [1.807, 2.05) is 26.2 Å². The molecule has 3 atom stereocenters. The third-order valence-electron chi connectivity index (χ3n) is 11.5. The van der Waals surface area contributed by atoms with Gasteiger partial charge in [-0.05, 0) is 68.9 Å². The molecule has 1 amide bonds. The fourth-order valence-electron chi connectivity index (χ4n) is 7.78. The van der Waals surface area contributed by atoms with Crippen molar-refractivity contribution in [2.45, 2.75) is 112 Å². The lowest BCUT2D eigenvalue weighted by atomic mass is 10.2. The van der Waals surface area contributed by atoms with Gasteiger partial charge in [0, 0.05) is 102 Å². The Morgan fingerprint density at radius 3 is 1.18 bits per heavy atom. The first-order valence-corrected chi connectivity index (χ1v) is 39.9. The largest absolute Gasteiger partial charge is 0.500 e. The number of hydrogen-bond donors (Lipinski definition) is 0. The molecule has 1 aromatic rings. The van der Waals surface area contributed by atoms with Gasteiger partial charge in [-0.2, -0.15) is 13.2 Å². The van der Waals surface area contributed by atoms with E-state index >= 15 is 0 Å². The fourth-order valence-corrected chi connectivity index (χ4v) is 46.2. The van der Waals surface area contributed by atoms with Gasteiger partial charge in [0.25, 0.3) is 12.1 Å². The number of para-hydroxylation sites is 1. The highest BCUT2D eigenvalue weighted by atomic mass is 28.5. The van der Waals surface area contributed by atoms with Gasteiger partial charge in [0.05, 0.1) is 0 Å². The van der Waals surface area contributed by atoms with Crippen LogP contribution >= 0.6 is 0 Å². The first kappa shape index (κ1) is 57.8. The second-order valence-electron chi connectivity index (χ2n) is 16.8. The van der Waals surface area contributed by atoms with Crippen molar-refractivity contribution in [3.05, 3.63) is 30.3 Å². The molecule has 0 bridgehead atoms. The van der Waals surface area contributed by atoms with Crippen LogP contribution in [-0.4, -0.2) is 158 Å². The van der Waals surface area contributed by atoms with Crippen molar-refractivity contribution in [2.75, 3.05) is 75.4 Å². The quantitative estimate of drug-likeness (QED) is 0.0621. The SMILES string of the molecule is CO[Si](CC[Si]1(C)O[Si](C)(CC[Si](C)(C)CCCN(C(=O)C(F)C(F)(F)F)c2ccccc2)O[Si](C)(CC[Si](OC)(OC)OC)O[Si](C)(CC[Si](OC)(OC)OC)O1)(OC)OC. The van der Waals surface area contributed by atoms with Crippen molar-refractivity contribution in [3.63, 3.8) is 0 Å². The Bertz CT molecular complexity index is 1440. The first-order valence-electron chi connectivity index (χ1n) is 20.6. The molecule has 1 aliphatic heterocycles. The molecule has 1 aliphatic rings. The van der Waals surface area contributed by atoms with Gasteiger partial charge < -0.3 is 61.2 Å².